The summed E-state index contributed by atoms with van der Waals surface area (Å²) in [5.74, 6) is -0.562. The van der Waals surface area contributed by atoms with Crippen LogP contribution in [0.5, 0.6) is 0 Å². The molecule has 0 atom stereocenters. The monoisotopic (exact) mass is 632 g/mol. The van der Waals surface area contributed by atoms with Crippen LogP contribution in [0.4, 0.5) is 0 Å². The number of aliphatic hydroxyl groups excluding tert-OH is 1. The van der Waals surface area contributed by atoms with Crippen molar-refractivity contribution < 1.29 is 73.2 Å². The van der Waals surface area contributed by atoms with Gasteiger partial charge in [-0.25, -0.2) is 28.3 Å². The van der Waals surface area contributed by atoms with Crippen LogP contribution < -0.4 is 0 Å². The predicted octanol–water partition coefficient (Wildman–Crippen LogP) is 2.93. The van der Waals surface area contributed by atoms with Gasteiger partial charge in [0.05, 0.1) is 5.76 Å². The van der Waals surface area contributed by atoms with E-state index in [2.05, 4.69) is 12.1 Å². The third kappa shape index (κ3) is 4.62. The summed E-state index contributed by atoms with van der Waals surface area (Å²) in [5.41, 5.74) is 2.18. The van der Waals surface area contributed by atoms with Crippen molar-refractivity contribution in [3.63, 3.8) is 0 Å². The summed E-state index contributed by atoms with van der Waals surface area (Å²) in [6, 6.07) is 17.9. The van der Waals surface area contributed by atoms with E-state index in [4.69, 9.17) is 17.5 Å². The first-order valence-corrected chi connectivity index (χ1v) is 8.83. The molecule has 5 nitrogen and oxygen atoms in total. The average Bonchev–Trinajstić information content (AvgIpc) is 2.93. The van der Waals surface area contributed by atoms with Gasteiger partial charge in [-0.3, -0.25) is 4.79 Å². The van der Waals surface area contributed by atoms with Gasteiger partial charge in [-0.15, -0.1) is 12.1 Å². The molecule has 8 heteroatoms. The maximum Gasteiger partial charge on any atom is 0.317 e. The number of carbonyl (C=O) groups excluding carboxylic acids is 1. The van der Waals surface area contributed by atoms with Crippen LogP contribution in [0.15, 0.2) is 42.2 Å². The van der Waals surface area contributed by atoms with E-state index in [0.29, 0.717) is 31.5 Å². The maximum atomic E-state index is 12.7. The van der Waals surface area contributed by atoms with E-state index >= 15 is 0 Å². The van der Waals surface area contributed by atoms with Gasteiger partial charge in [0, 0.05) is 79.7 Å². The van der Waals surface area contributed by atoms with E-state index in [1.807, 2.05) is 37.3 Å². The molecular weight excluding hydrogens is 614 g/mol. The standard InChI is InChI=1S/C21H18BNO4.W.Y/c1-14-7-8-16(15-5-3-2-4-6-15)13-17(14)18-19(24)21(26-20(18)25)9-11-23(27-22)12-10-21;;/h2-7,24H,9-12H2,1H3;;/q-2;;. The number of piperidine rings is 1. The number of hydrogen-bond donors (Lipinski definition) is 1. The minimum atomic E-state index is -1.02. The molecule has 1 fully saturated rings. The first-order chi connectivity index (χ1) is 13.0. The Kier molecular flexibility index (Phi) is 8.47. The summed E-state index contributed by atoms with van der Waals surface area (Å²) in [5, 5.41) is 12.5. The fourth-order valence-corrected chi connectivity index (χ4v) is 3.65. The quantitative estimate of drug-likeness (QED) is 0.321. The smallest absolute Gasteiger partial charge is 0.317 e. The summed E-state index contributed by atoms with van der Waals surface area (Å²) in [7, 11) is 5.20. The van der Waals surface area contributed by atoms with Crippen LogP contribution >= 0.6 is 0 Å². The first kappa shape index (κ1) is 24.5. The van der Waals surface area contributed by atoms with Gasteiger partial charge in [-0.1, -0.05) is 25.1 Å². The SMILES string of the molecule is [B]ON1CCC2(CC1)OC(=O)C(c1[c-]c(-c3ccccc3)[c-]cc1C)=C2O.[W].[Y]. The number of benzene rings is 2. The molecule has 1 N–H and O–H groups in total. The van der Waals surface area contributed by atoms with E-state index in [1.165, 1.54) is 0 Å². The number of aryl methyl sites for hydroxylation is 1. The number of rotatable bonds is 3. The average molecular weight is 632 g/mol. The van der Waals surface area contributed by atoms with Gasteiger partial charge in [0.15, 0.2) is 5.60 Å². The van der Waals surface area contributed by atoms with Crippen LogP contribution in [0, 0.1) is 19.1 Å². The fourth-order valence-electron chi connectivity index (χ4n) is 3.65. The second-order valence-electron chi connectivity index (χ2n) is 6.85. The second kappa shape index (κ2) is 10.0. The molecule has 0 saturated carbocycles. The van der Waals surface area contributed by atoms with Crippen molar-refractivity contribution in [2.24, 2.45) is 0 Å². The summed E-state index contributed by atoms with van der Waals surface area (Å²) < 4.78 is 10.4. The van der Waals surface area contributed by atoms with Gasteiger partial charge < -0.3 is 14.6 Å². The zero-order chi connectivity index (χ0) is 19.0. The van der Waals surface area contributed by atoms with E-state index in [-0.39, 0.29) is 65.1 Å². The van der Waals surface area contributed by atoms with Crippen LogP contribution in [-0.2, 0) is 68.1 Å². The minimum Gasteiger partial charge on any atom is -0.522 e. The van der Waals surface area contributed by atoms with Crippen molar-refractivity contribution in [1.82, 2.24) is 5.06 Å². The normalized spacial score (nSPS) is 18.2. The predicted molar refractivity (Wildman–Crippen MR) is 100 cm³/mol. The Bertz CT molecular complexity index is 914. The third-order valence-corrected chi connectivity index (χ3v) is 5.23. The Morgan fingerprint density at radius 3 is 2.52 bits per heavy atom. The summed E-state index contributed by atoms with van der Waals surface area (Å²) >= 11 is 0. The second-order valence-corrected chi connectivity index (χ2v) is 6.85. The fraction of sp³-hybridized carbons (Fsp3) is 0.286. The molecule has 2 heterocycles. The Labute approximate surface area is 211 Å². The number of carbonyl (C=O) groups is 1. The van der Waals surface area contributed by atoms with Crippen LogP contribution in [0.25, 0.3) is 16.7 Å². The summed E-state index contributed by atoms with van der Waals surface area (Å²) in [6.07, 6.45) is 0.823. The molecule has 1 spiro atoms. The van der Waals surface area contributed by atoms with Crippen molar-refractivity contribution >= 4 is 19.6 Å². The summed E-state index contributed by atoms with van der Waals surface area (Å²) in [6.45, 7) is 2.78. The van der Waals surface area contributed by atoms with Crippen LogP contribution in [-0.4, -0.2) is 42.9 Å². The third-order valence-electron chi connectivity index (χ3n) is 5.23. The zero-order valence-electron chi connectivity index (χ0n) is 16.0. The van der Waals surface area contributed by atoms with E-state index in [9.17, 15) is 9.90 Å². The number of aliphatic hydroxyl groups is 1. The van der Waals surface area contributed by atoms with Crippen molar-refractivity contribution in [3.8, 4) is 11.1 Å². The van der Waals surface area contributed by atoms with Gasteiger partial charge >= 0.3 is 8.05 Å². The Morgan fingerprint density at radius 1 is 1.24 bits per heavy atom. The van der Waals surface area contributed by atoms with Crippen molar-refractivity contribution in [2.45, 2.75) is 25.4 Å². The Balaban J connectivity index is 0.00000150. The minimum absolute atomic E-state index is 0. The molecule has 0 aromatic heterocycles. The number of ether oxygens (including phenoxy) is 1. The molecule has 2 aromatic carbocycles. The summed E-state index contributed by atoms with van der Waals surface area (Å²) in [4.78, 5) is 12.7. The molecule has 2 aromatic rings. The number of nitrogens with zero attached hydrogens (tertiary/aromatic N) is 1. The van der Waals surface area contributed by atoms with Gasteiger partial charge in [0.2, 0.25) is 0 Å². The first-order valence-electron chi connectivity index (χ1n) is 8.83. The van der Waals surface area contributed by atoms with Gasteiger partial charge in [0.1, 0.15) is 0 Å². The molecule has 4 rings (SSSR count). The van der Waals surface area contributed by atoms with Crippen LogP contribution in [0.2, 0.25) is 0 Å². The van der Waals surface area contributed by atoms with Crippen LogP contribution in [0.1, 0.15) is 24.0 Å². The van der Waals surface area contributed by atoms with Crippen molar-refractivity contribution in [3.05, 3.63) is 65.4 Å². The number of esters is 1. The maximum absolute atomic E-state index is 12.7. The van der Waals surface area contributed by atoms with Crippen molar-refractivity contribution in [2.75, 3.05) is 13.1 Å². The van der Waals surface area contributed by atoms with E-state index in [1.54, 1.807) is 11.1 Å². The van der Waals surface area contributed by atoms with Crippen molar-refractivity contribution in [1.29, 1.82) is 0 Å². The molecule has 29 heavy (non-hydrogen) atoms. The van der Waals surface area contributed by atoms with E-state index < -0.39 is 11.6 Å². The van der Waals surface area contributed by atoms with Gasteiger partial charge in [-0.2, -0.15) is 17.2 Å². The molecule has 3 radical (unpaired) electrons. The largest absolute Gasteiger partial charge is 0.522 e. The van der Waals surface area contributed by atoms with Gasteiger partial charge in [-0.05, 0) is 5.57 Å². The molecule has 2 aliphatic heterocycles. The molecule has 0 aliphatic carbocycles. The van der Waals surface area contributed by atoms with E-state index in [0.717, 1.165) is 16.7 Å². The number of hydrogen-bond acceptors (Lipinski definition) is 5. The Hall–Kier alpha value is -0.773. The topological polar surface area (TPSA) is 59.0 Å². The number of hydroxylamine groups is 2. The molecule has 145 valence electrons. The molecule has 1 saturated heterocycles. The zero-order valence-corrected chi connectivity index (χ0v) is 21.7. The molecule has 2 aliphatic rings. The van der Waals surface area contributed by atoms with Crippen LogP contribution in [0.3, 0.4) is 0 Å². The Morgan fingerprint density at radius 2 is 1.90 bits per heavy atom. The molecule has 0 unspecified atom stereocenters. The molecule has 0 bridgehead atoms. The molecule has 0 amide bonds. The van der Waals surface area contributed by atoms with Gasteiger partial charge in [0.25, 0.3) is 5.97 Å². The molecular formula is C21H18BNO4WY-2.